The van der Waals surface area contributed by atoms with Crippen LogP contribution in [0.25, 0.3) is 5.82 Å². The van der Waals surface area contributed by atoms with E-state index in [1.165, 1.54) is 0 Å². The van der Waals surface area contributed by atoms with Gasteiger partial charge in [-0.3, -0.25) is 4.72 Å². The van der Waals surface area contributed by atoms with Gasteiger partial charge in [0.1, 0.15) is 12.5 Å². The van der Waals surface area contributed by atoms with Crippen LogP contribution < -0.4 is 26.1 Å². The first-order chi connectivity index (χ1) is 13.3. The fourth-order valence-electron chi connectivity index (χ4n) is 3.11. The number of nitrogens with one attached hydrogen (secondary N) is 1. The van der Waals surface area contributed by atoms with Gasteiger partial charge in [0.2, 0.25) is 5.55 Å². The Balaban J connectivity index is 1.60. The minimum atomic E-state index is -3.67. The van der Waals surface area contributed by atoms with E-state index in [0.29, 0.717) is 29.3 Å². The predicted octanol–water partition coefficient (Wildman–Crippen LogP) is 1.82. The molecular weight excluding hydrogens is 376 g/mol. The molecule has 28 heavy (non-hydrogen) atoms. The number of furan rings is 1. The summed E-state index contributed by atoms with van der Waals surface area (Å²) in [6, 6.07) is 14.1. The molecule has 0 atom stereocenters. The summed E-state index contributed by atoms with van der Waals surface area (Å²) in [4.78, 5) is 6.46. The Morgan fingerprint density at radius 3 is 2.61 bits per heavy atom. The largest absolute Gasteiger partial charge is 0.446 e. The van der Waals surface area contributed by atoms with Gasteiger partial charge in [0.25, 0.3) is 10.0 Å². The fraction of sp³-hybridized carbons (Fsp3) is 0.150. The van der Waals surface area contributed by atoms with Crippen LogP contribution in [-0.2, 0) is 10.0 Å². The third-order valence-electron chi connectivity index (χ3n) is 4.63. The zero-order valence-corrected chi connectivity index (χ0v) is 16.3. The molecule has 0 unspecified atom stereocenters. The molecule has 0 aliphatic carbocycles. The Bertz CT molecular complexity index is 1260. The standard InChI is InChI=1S/C20H20N4O3S/c1-13-3-4-14(2)18(11-13)28(25,26)23-15-5-7-16(8-6-15)24-12-22-20-17(19(24)21)9-10-27-20/h3-11,23H,12,21H2,1-2H3. The van der Waals surface area contributed by atoms with Gasteiger partial charge in [0.05, 0.1) is 16.4 Å². The summed E-state index contributed by atoms with van der Waals surface area (Å²) in [5.41, 5.74) is 9.61. The minimum absolute atomic E-state index is 0.275. The van der Waals surface area contributed by atoms with E-state index < -0.39 is 10.0 Å². The summed E-state index contributed by atoms with van der Waals surface area (Å²) in [5, 5.41) is 0.742. The number of benzene rings is 2. The maximum atomic E-state index is 12.7. The smallest absolute Gasteiger partial charge is 0.262 e. The van der Waals surface area contributed by atoms with Crippen LogP contribution in [-0.4, -0.2) is 15.1 Å². The Morgan fingerprint density at radius 2 is 1.86 bits per heavy atom. The van der Waals surface area contributed by atoms with Crippen LogP contribution in [0.5, 0.6) is 0 Å². The molecule has 1 aliphatic rings. The fourth-order valence-corrected chi connectivity index (χ4v) is 4.50. The second kappa shape index (κ2) is 6.72. The van der Waals surface area contributed by atoms with Crippen molar-refractivity contribution in [3.8, 4) is 0 Å². The summed E-state index contributed by atoms with van der Waals surface area (Å²) in [6.45, 7) is 3.98. The normalized spacial score (nSPS) is 13.8. The Labute approximate surface area is 162 Å². The predicted molar refractivity (Wildman–Crippen MR) is 108 cm³/mol. The summed E-state index contributed by atoms with van der Waals surface area (Å²) in [5.74, 6) is 0.544. The molecule has 3 N–H and O–H groups in total. The molecule has 8 heteroatoms. The highest BCUT2D eigenvalue weighted by atomic mass is 32.2. The number of rotatable bonds is 4. The van der Waals surface area contributed by atoms with Crippen molar-refractivity contribution < 1.29 is 12.8 Å². The molecule has 1 aliphatic heterocycles. The molecule has 2 heterocycles. The van der Waals surface area contributed by atoms with Gasteiger partial charge in [-0.05, 0) is 61.4 Å². The second-order valence-corrected chi connectivity index (χ2v) is 8.32. The summed E-state index contributed by atoms with van der Waals surface area (Å²) < 4.78 is 33.4. The first kappa shape index (κ1) is 18.1. The third-order valence-corrected chi connectivity index (χ3v) is 6.15. The number of aryl methyl sites for hydroxylation is 2. The number of sulfonamides is 1. The van der Waals surface area contributed by atoms with Crippen molar-refractivity contribution in [1.82, 2.24) is 0 Å². The highest BCUT2D eigenvalue weighted by molar-refractivity contribution is 7.92. The van der Waals surface area contributed by atoms with E-state index in [4.69, 9.17) is 10.2 Å². The first-order valence-electron chi connectivity index (χ1n) is 8.70. The Morgan fingerprint density at radius 1 is 1.11 bits per heavy atom. The van der Waals surface area contributed by atoms with E-state index in [1.807, 2.05) is 17.9 Å². The number of hydrogen-bond acceptors (Lipinski definition) is 6. The monoisotopic (exact) mass is 396 g/mol. The van der Waals surface area contributed by atoms with Crippen LogP contribution in [0.15, 0.2) is 69.1 Å². The van der Waals surface area contributed by atoms with E-state index in [2.05, 4.69) is 9.71 Å². The lowest BCUT2D eigenvalue weighted by molar-refractivity contribution is 0.500. The van der Waals surface area contributed by atoms with E-state index in [9.17, 15) is 8.42 Å². The minimum Gasteiger partial charge on any atom is -0.446 e. The molecule has 0 amide bonds. The van der Waals surface area contributed by atoms with E-state index >= 15 is 0 Å². The van der Waals surface area contributed by atoms with Crippen LogP contribution in [0.3, 0.4) is 0 Å². The van der Waals surface area contributed by atoms with Crippen LogP contribution in [0.1, 0.15) is 11.1 Å². The van der Waals surface area contributed by atoms with Crippen LogP contribution in [0.4, 0.5) is 11.4 Å². The molecule has 1 aromatic heterocycles. The van der Waals surface area contributed by atoms with Gasteiger partial charge >= 0.3 is 0 Å². The van der Waals surface area contributed by atoms with Crippen molar-refractivity contribution in [3.63, 3.8) is 0 Å². The molecule has 7 nitrogen and oxygen atoms in total. The number of anilines is 2. The van der Waals surface area contributed by atoms with Crippen LogP contribution in [0, 0.1) is 13.8 Å². The Kier molecular flexibility index (Phi) is 4.35. The van der Waals surface area contributed by atoms with Gasteiger partial charge in [-0.2, -0.15) is 0 Å². The molecule has 0 saturated heterocycles. The van der Waals surface area contributed by atoms with Gasteiger partial charge in [0, 0.05) is 11.4 Å². The molecule has 3 aromatic rings. The zero-order valence-electron chi connectivity index (χ0n) is 15.5. The lowest BCUT2D eigenvalue weighted by Gasteiger charge is -2.24. The van der Waals surface area contributed by atoms with Gasteiger partial charge in [0.15, 0.2) is 0 Å². The van der Waals surface area contributed by atoms with Crippen molar-refractivity contribution in [1.29, 1.82) is 0 Å². The van der Waals surface area contributed by atoms with Crippen molar-refractivity contribution in [2.45, 2.75) is 18.7 Å². The zero-order chi connectivity index (χ0) is 19.9. The number of hydrogen-bond donors (Lipinski definition) is 2. The topological polar surface area (TPSA) is 101 Å². The maximum absolute atomic E-state index is 12.7. The summed E-state index contributed by atoms with van der Waals surface area (Å²) >= 11 is 0. The number of fused-ring (bicyclic) bond motifs is 1. The Hall–Kier alpha value is -3.26. The lowest BCUT2D eigenvalue weighted by atomic mass is 10.2. The van der Waals surface area contributed by atoms with E-state index in [-0.39, 0.29) is 4.90 Å². The molecule has 0 bridgehead atoms. The highest BCUT2D eigenvalue weighted by Crippen LogP contribution is 2.24. The van der Waals surface area contributed by atoms with Crippen LogP contribution >= 0.6 is 0 Å². The molecule has 0 spiro atoms. The van der Waals surface area contributed by atoms with Gasteiger partial charge < -0.3 is 15.1 Å². The number of nitrogens with two attached hydrogens (primary N) is 1. The van der Waals surface area contributed by atoms with E-state index in [1.54, 1.807) is 55.7 Å². The average Bonchev–Trinajstić information content (AvgIpc) is 3.14. The first-order valence-corrected chi connectivity index (χ1v) is 10.2. The molecule has 0 saturated carbocycles. The van der Waals surface area contributed by atoms with Crippen molar-refractivity contribution >= 4 is 27.2 Å². The summed E-state index contributed by atoms with van der Waals surface area (Å²) in [6.07, 6.45) is 1.55. The SMILES string of the molecule is Cc1ccc(C)c(S(=O)(=O)Nc2ccc(N3CN=c4occc4=C3N)cc2)c1. The average molecular weight is 396 g/mol. The highest BCUT2D eigenvalue weighted by Gasteiger charge is 2.18. The molecule has 144 valence electrons. The number of nitrogens with zero attached hydrogens (tertiary/aromatic N) is 2. The van der Waals surface area contributed by atoms with Gasteiger partial charge in [-0.25, -0.2) is 13.4 Å². The van der Waals surface area contributed by atoms with Crippen LogP contribution in [0.2, 0.25) is 0 Å². The quantitative estimate of drug-likeness (QED) is 0.701. The molecule has 2 aromatic carbocycles. The molecule has 0 fully saturated rings. The maximum Gasteiger partial charge on any atom is 0.262 e. The van der Waals surface area contributed by atoms with Crippen molar-refractivity contribution in [3.05, 3.63) is 76.7 Å². The molecular formula is C20H20N4O3S. The molecule has 0 radical (unpaired) electrons. The second-order valence-electron chi connectivity index (χ2n) is 6.67. The van der Waals surface area contributed by atoms with Gasteiger partial charge in [-0.15, -0.1) is 0 Å². The van der Waals surface area contributed by atoms with Crippen molar-refractivity contribution in [2.24, 2.45) is 10.7 Å². The van der Waals surface area contributed by atoms with E-state index in [0.717, 1.165) is 16.5 Å². The summed E-state index contributed by atoms with van der Waals surface area (Å²) in [7, 11) is -3.67. The van der Waals surface area contributed by atoms with Crippen molar-refractivity contribution in [2.75, 3.05) is 16.3 Å². The molecule has 4 rings (SSSR count). The third kappa shape index (κ3) is 3.22. The lowest BCUT2D eigenvalue weighted by Crippen LogP contribution is -2.42. The van der Waals surface area contributed by atoms with Gasteiger partial charge in [-0.1, -0.05) is 12.1 Å².